The molecule has 2 atom stereocenters. The first-order valence-corrected chi connectivity index (χ1v) is 10.1. The third-order valence-electron chi connectivity index (χ3n) is 2.60. The third kappa shape index (κ3) is 4.24. The summed E-state index contributed by atoms with van der Waals surface area (Å²) in [6.07, 6.45) is 0. The van der Waals surface area contributed by atoms with Gasteiger partial charge in [-0.2, -0.15) is 0 Å². The third-order valence-corrected chi connectivity index (χ3v) is 8.34. The maximum Gasteiger partial charge on any atom is 0.374 e. The fourth-order valence-corrected chi connectivity index (χ4v) is 6.81. The van der Waals surface area contributed by atoms with Crippen LogP contribution in [0.2, 0.25) is 0 Å². The molecule has 0 spiro atoms. The lowest BCUT2D eigenvalue weighted by Crippen LogP contribution is -2.19. The maximum absolute atomic E-state index is 14.8. The molecule has 21 heavy (non-hydrogen) atoms. The smallest absolute Gasteiger partial charge is 0.323 e. The fraction of sp³-hybridized carbons (Fsp3) is 0.538. The molecule has 0 bridgehead atoms. The van der Waals surface area contributed by atoms with Crippen molar-refractivity contribution in [3.8, 4) is 0 Å². The molecule has 0 saturated heterocycles. The summed E-state index contributed by atoms with van der Waals surface area (Å²) >= 11 is 0. The molecule has 0 N–H and O–H groups in total. The molecule has 0 fully saturated rings. The van der Waals surface area contributed by atoms with E-state index in [4.69, 9.17) is 13.6 Å². The molecule has 2 unspecified atom stereocenters. The molecule has 0 saturated carbocycles. The molecule has 5 nitrogen and oxygen atoms in total. The van der Waals surface area contributed by atoms with E-state index in [1.165, 1.54) is 12.1 Å². The quantitative estimate of drug-likeness (QED) is 0.633. The Morgan fingerprint density at radius 1 is 0.952 bits per heavy atom. The summed E-state index contributed by atoms with van der Waals surface area (Å²) in [5, 5.41) is 0.152. The van der Waals surface area contributed by atoms with E-state index in [0.717, 1.165) is 0 Å². The van der Waals surface area contributed by atoms with E-state index in [-0.39, 0.29) is 25.1 Å². The Balaban J connectivity index is 3.26. The lowest BCUT2D eigenvalue weighted by atomic mass is 10.4. The number of alkyl halides is 1. The van der Waals surface area contributed by atoms with Gasteiger partial charge >= 0.3 is 7.60 Å². The minimum Gasteiger partial charge on any atom is -0.323 e. The molecule has 0 amide bonds. The van der Waals surface area contributed by atoms with Crippen molar-refractivity contribution in [3.05, 3.63) is 30.3 Å². The lowest BCUT2D eigenvalue weighted by molar-refractivity contribution is 0.198. The topological polar surface area (TPSA) is 61.8 Å². The molecular weight excluding hydrogens is 317 g/mol. The minimum atomic E-state index is -4.18. The Morgan fingerprint density at radius 2 is 1.43 bits per heavy atom. The molecular formula is C13H21FO5P2. The van der Waals surface area contributed by atoms with E-state index in [1.54, 1.807) is 39.0 Å². The van der Waals surface area contributed by atoms with Crippen molar-refractivity contribution < 1.29 is 27.1 Å². The lowest BCUT2D eigenvalue weighted by Gasteiger charge is -2.27. The van der Waals surface area contributed by atoms with Gasteiger partial charge in [0.25, 0.3) is 13.0 Å². The van der Waals surface area contributed by atoms with Crippen LogP contribution in [0.4, 0.5) is 4.39 Å². The zero-order chi connectivity index (χ0) is 15.9. The molecule has 1 aromatic rings. The maximum atomic E-state index is 14.8. The van der Waals surface area contributed by atoms with E-state index in [1.807, 2.05) is 0 Å². The summed E-state index contributed by atoms with van der Waals surface area (Å²) < 4.78 is 55.4. The molecule has 0 aliphatic carbocycles. The first-order valence-electron chi connectivity index (χ1n) is 6.77. The van der Waals surface area contributed by atoms with Crippen LogP contribution in [0.3, 0.4) is 0 Å². The predicted molar refractivity (Wildman–Crippen MR) is 81.1 cm³/mol. The molecule has 0 radical (unpaired) electrons. The van der Waals surface area contributed by atoms with Crippen molar-refractivity contribution in [1.29, 1.82) is 0 Å². The van der Waals surface area contributed by atoms with E-state index < -0.39 is 20.6 Å². The van der Waals surface area contributed by atoms with Gasteiger partial charge in [-0.05, 0) is 32.9 Å². The van der Waals surface area contributed by atoms with Gasteiger partial charge in [-0.1, -0.05) is 18.2 Å². The molecule has 1 aromatic carbocycles. The number of benzene rings is 1. The zero-order valence-corrected chi connectivity index (χ0v) is 14.2. The average Bonchev–Trinajstić information content (AvgIpc) is 2.48. The van der Waals surface area contributed by atoms with E-state index >= 15 is 0 Å². The van der Waals surface area contributed by atoms with Crippen LogP contribution in [0, 0.1) is 0 Å². The van der Waals surface area contributed by atoms with Crippen LogP contribution in [-0.4, -0.2) is 25.5 Å². The van der Waals surface area contributed by atoms with Crippen molar-refractivity contribution in [1.82, 2.24) is 0 Å². The number of halogens is 1. The highest BCUT2D eigenvalue weighted by Crippen LogP contribution is 2.69. The van der Waals surface area contributed by atoms with E-state index in [0.29, 0.717) is 0 Å². The molecule has 120 valence electrons. The van der Waals surface area contributed by atoms with Crippen LogP contribution < -0.4 is 5.30 Å². The summed E-state index contributed by atoms with van der Waals surface area (Å²) in [6.45, 7) is 4.70. The monoisotopic (exact) mass is 338 g/mol. The van der Waals surface area contributed by atoms with Gasteiger partial charge in [0.15, 0.2) is 0 Å². The van der Waals surface area contributed by atoms with Crippen LogP contribution in [-0.2, 0) is 22.7 Å². The van der Waals surface area contributed by atoms with Crippen LogP contribution in [0.1, 0.15) is 20.8 Å². The highest BCUT2D eigenvalue weighted by Gasteiger charge is 2.51. The van der Waals surface area contributed by atoms with Crippen molar-refractivity contribution in [2.45, 2.75) is 26.4 Å². The Kier molecular flexibility index (Phi) is 7.25. The van der Waals surface area contributed by atoms with Gasteiger partial charge in [0.1, 0.15) is 0 Å². The van der Waals surface area contributed by atoms with Crippen LogP contribution >= 0.6 is 15.0 Å². The normalized spacial score (nSPS) is 16.4. The van der Waals surface area contributed by atoms with Gasteiger partial charge in [0.2, 0.25) is 0 Å². The molecule has 0 heterocycles. The first kappa shape index (κ1) is 18.5. The molecule has 0 aromatic heterocycles. The van der Waals surface area contributed by atoms with Crippen LogP contribution in [0.5, 0.6) is 0 Å². The van der Waals surface area contributed by atoms with E-state index in [2.05, 4.69) is 0 Å². The summed E-state index contributed by atoms with van der Waals surface area (Å²) in [5.41, 5.74) is -2.35. The van der Waals surface area contributed by atoms with Crippen molar-refractivity contribution in [3.63, 3.8) is 0 Å². The van der Waals surface area contributed by atoms with Crippen LogP contribution in [0.25, 0.3) is 0 Å². The van der Waals surface area contributed by atoms with Gasteiger partial charge in [-0.15, -0.1) is 0 Å². The highest BCUT2D eigenvalue weighted by molar-refractivity contribution is 7.79. The standard InChI is InChI=1S/C13H21FO5P2/c1-4-17-20(15,12-10-8-7-9-11-12)13(14)21(16,18-5-2)19-6-3/h7-11,13H,4-6H2,1-3H3. The molecule has 1 rings (SSSR count). The summed E-state index contributed by atoms with van der Waals surface area (Å²) in [5.74, 6) is 0. The molecule has 8 heteroatoms. The second-order valence-electron chi connectivity index (χ2n) is 4.04. The van der Waals surface area contributed by atoms with Crippen molar-refractivity contribution >= 4 is 20.3 Å². The second kappa shape index (κ2) is 8.21. The Morgan fingerprint density at radius 3 is 1.86 bits per heavy atom. The first-order chi connectivity index (χ1) is 9.94. The van der Waals surface area contributed by atoms with Gasteiger partial charge in [0.05, 0.1) is 19.8 Å². The summed E-state index contributed by atoms with van der Waals surface area (Å²) in [4.78, 5) is 0. The van der Waals surface area contributed by atoms with Crippen molar-refractivity contribution in [2.75, 3.05) is 19.8 Å². The fourth-order valence-electron chi connectivity index (χ4n) is 1.79. The summed E-state index contributed by atoms with van der Waals surface area (Å²) in [7, 11) is -8.21. The Bertz CT molecular complexity index is 513. The second-order valence-corrected chi connectivity index (χ2v) is 8.92. The largest absolute Gasteiger partial charge is 0.374 e. The minimum absolute atomic E-state index is 0.0153. The van der Waals surface area contributed by atoms with Gasteiger partial charge < -0.3 is 13.6 Å². The van der Waals surface area contributed by atoms with Gasteiger partial charge in [0, 0.05) is 5.30 Å². The summed E-state index contributed by atoms with van der Waals surface area (Å²) in [6, 6.07) is 7.88. The van der Waals surface area contributed by atoms with Gasteiger partial charge in [-0.3, -0.25) is 9.13 Å². The number of hydrogen-bond donors (Lipinski definition) is 0. The Hall–Kier alpha value is -0.510. The molecule has 0 aliphatic rings. The predicted octanol–water partition coefficient (Wildman–Crippen LogP) is 4.15. The molecule has 0 aliphatic heterocycles. The Labute approximate surface area is 124 Å². The van der Waals surface area contributed by atoms with Crippen molar-refractivity contribution in [2.24, 2.45) is 0 Å². The average molecular weight is 338 g/mol. The number of hydrogen-bond acceptors (Lipinski definition) is 5. The van der Waals surface area contributed by atoms with E-state index in [9.17, 15) is 13.5 Å². The highest BCUT2D eigenvalue weighted by atomic mass is 31.2. The SMILES string of the molecule is CCOP(=O)(OCC)C(F)P(=O)(OCC)c1ccccc1. The zero-order valence-electron chi connectivity index (χ0n) is 12.4. The van der Waals surface area contributed by atoms with Crippen LogP contribution in [0.15, 0.2) is 30.3 Å². The van der Waals surface area contributed by atoms with Gasteiger partial charge in [-0.25, -0.2) is 4.39 Å². The number of rotatable bonds is 9.